The molecule has 0 spiro atoms. The molecule has 42 heavy (non-hydrogen) atoms. The smallest absolute Gasteiger partial charge is 0.369 e. The number of nitrogens with zero attached hydrogens (tertiary/aromatic N) is 5. The number of ketones is 1. The van der Waals surface area contributed by atoms with Crippen molar-refractivity contribution in [3.8, 4) is 11.1 Å². The number of benzene rings is 2. The number of nitrogens with one attached hydrogen (secondary N) is 1. The monoisotopic (exact) mass is 578 g/mol. The van der Waals surface area contributed by atoms with Crippen LogP contribution in [0, 0.1) is 6.92 Å². The van der Waals surface area contributed by atoms with Crippen molar-refractivity contribution >= 4 is 17.8 Å². The first-order chi connectivity index (χ1) is 20.2. The number of carbonyl (C=O) groups is 1. The zero-order chi connectivity index (χ0) is 29.9. The van der Waals surface area contributed by atoms with Crippen LogP contribution in [0.1, 0.15) is 64.2 Å². The normalized spacial score (nSPS) is 16.5. The molecule has 1 aromatic heterocycles. The van der Waals surface area contributed by atoms with E-state index in [2.05, 4.69) is 42.5 Å². The number of rotatable bonds is 8. The van der Waals surface area contributed by atoms with E-state index in [9.17, 15) is 18.0 Å². The lowest BCUT2D eigenvalue weighted by Crippen LogP contribution is -2.31. The summed E-state index contributed by atoms with van der Waals surface area (Å²) in [5, 5.41) is 9.96. The minimum atomic E-state index is -4.67. The van der Waals surface area contributed by atoms with Crippen LogP contribution >= 0.6 is 0 Å². The van der Waals surface area contributed by atoms with Crippen LogP contribution in [0.2, 0.25) is 0 Å². The molecule has 1 fully saturated rings. The standard InChI is InChI=1S/C29H29F3N6O.CO2/c1-18-9-10-22-20(15-18)17-23-24(22)26(33-11-6-14-38-12-3-2-4-13-38)35-27(34-23)25(39)19-7-5-8-21(16-19)28(36-37-28)29(30,31)32;2-1-3/h5,7-10,15-16H,2-4,6,11-14,17H2,1H3,(H,33,34,35);. The van der Waals surface area contributed by atoms with Crippen molar-refractivity contribution in [1.82, 2.24) is 14.9 Å². The fraction of sp³-hybridized carbons (Fsp3) is 0.400. The Morgan fingerprint density at radius 2 is 1.79 bits per heavy atom. The average molecular weight is 579 g/mol. The Bertz CT molecular complexity index is 1550. The van der Waals surface area contributed by atoms with Gasteiger partial charge in [-0.05, 0) is 63.0 Å². The molecular weight excluding hydrogens is 549 g/mol. The first-order valence-electron chi connectivity index (χ1n) is 13.8. The molecule has 2 aliphatic heterocycles. The Balaban J connectivity index is 0.00000113. The number of hydrogen-bond acceptors (Lipinski definition) is 9. The Labute approximate surface area is 240 Å². The predicted molar refractivity (Wildman–Crippen MR) is 146 cm³/mol. The van der Waals surface area contributed by atoms with Crippen LogP contribution in [0.3, 0.4) is 0 Å². The van der Waals surface area contributed by atoms with Crippen molar-refractivity contribution in [2.75, 3.05) is 31.5 Å². The van der Waals surface area contributed by atoms with E-state index >= 15 is 0 Å². The molecule has 0 unspecified atom stereocenters. The summed E-state index contributed by atoms with van der Waals surface area (Å²) in [5.41, 5.74) is 2.20. The van der Waals surface area contributed by atoms with E-state index in [1.807, 2.05) is 13.0 Å². The van der Waals surface area contributed by atoms with Gasteiger partial charge in [0.2, 0.25) is 11.6 Å². The molecule has 0 bridgehead atoms. The van der Waals surface area contributed by atoms with Gasteiger partial charge in [0.15, 0.2) is 0 Å². The summed E-state index contributed by atoms with van der Waals surface area (Å²) in [5.74, 6) is 0.000487. The lowest BCUT2D eigenvalue weighted by atomic mass is 9.98. The van der Waals surface area contributed by atoms with E-state index in [1.165, 1.54) is 43.5 Å². The Kier molecular flexibility index (Phi) is 8.29. The van der Waals surface area contributed by atoms with Crippen molar-refractivity contribution < 1.29 is 27.6 Å². The number of alkyl halides is 3. The van der Waals surface area contributed by atoms with Gasteiger partial charge in [0.1, 0.15) is 5.82 Å². The highest BCUT2D eigenvalue weighted by atomic mass is 19.4. The highest BCUT2D eigenvalue weighted by Gasteiger charge is 2.65. The van der Waals surface area contributed by atoms with Gasteiger partial charge >= 0.3 is 18.0 Å². The van der Waals surface area contributed by atoms with E-state index in [0.29, 0.717) is 18.8 Å². The molecule has 0 amide bonds. The van der Waals surface area contributed by atoms with E-state index in [4.69, 9.17) is 9.59 Å². The number of anilines is 1. The molecule has 1 saturated heterocycles. The zero-order valence-corrected chi connectivity index (χ0v) is 23.0. The first-order valence-corrected chi connectivity index (χ1v) is 13.8. The molecule has 1 aliphatic carbocycles. The third kappa shape index (κ3) is 5.86. The summed E-state index contributed by atoms with van der Waals surface area (Å²) in [7, 11) is 0. The van der Waals surface area contributed by atoms with Gasteiger partial charge in [-0.15, -0.1) is 10.2 Å². The van der Waals surface area contributed by atoms with Crippen molar-refractivity contribution in [3.05, 3.63) is 76.2 Å². The molecule has 0 saturated carbocycles. The fourth-order valence-electron chi connectivity index (χ4n) is 5.58. The number of hydrogen-bond donors (Lipinski definition) is 1. The Morgan fingerprint density at radius 1 is 1.05 bits per heavy atom. The summed E-state index contributed by atoms with van der Waals surface area (Å²) in [6.45, 7) is 5.96. The second kappa shape index (κ2) is 11.9. The number of fused-ring (bicyclic) bond motifs is 3. The number of carbonyl (C=O) groups excluding carboxylic acids is 3. The average Bonchev–Trinajstić information content (AvgIpc) is 3.72. The molecule has 0 atom stereocenters. The van der Waals surface area contributed by atoms with Crippen LogP contribution < -0.4 is 5.32 Å². The summed E-state index contributed by atoms with van der Waals surface area (Å²) < 4.78 is 40.7. The van der Waals surface area contributed by atoms with Gasteiger partial charge in [-0.1, -0.05) is 48.4 Å². The fourth-order valence-corrected chi connectivity index (χ4v) is 5.58. The molecule has 2 aromatic carbocycles. The summed E-state index contributed by atoms with van der Waals surface area (Å²) in [6.07, 6.45) is 0.836. The van der Waals surface area contributed by atoms with E-state index in [-0.39, 0.29) is 23.1 Å². The summed E-state index contributed by atoms with van der Waals surface area (Å²) in [6, 6.07) is 11.6. The van der Waals surface area contributed by atoms with Gasteiger partial charge in [-0.2, -0.15) is 22.8 Å². The summed E-state index contributed by atoms with van der Waals surface area (Å²) >= 11 is 0. The molecule has 3 aliphatic rings. The van der Waals surface area contributed by atoms with Gasteiger partial charge in [0.25, 0.3) is 0 Å². The Morgan fingerprint density at radius 3 is 2.48 bits per heavy atom. The number of aryl methyl sites for hydroxylation is 1. The number of piperidine rings is 1. The lowest BCUT2D eigenvalue weighted by Gasteiger charge is -2.26. The molecule has 3 heterocycles. The number of aromatic nitrogens is 2. The second-order valence-corrected chi connectivity index (χ2v) is 10.6. The third-order valence-electron chi connectivity index (χ3n) is 7.69. The minimum Gasteiger partial charge on any atom is -0.369 e. The SMILES string of the molecule is Cc1ccc2c(c1)Cc1nc(C(=O)c3cccc(C4(C(F)(F)F)N=N4)c3)nc(NCCCN3CCCCC3)c1-2.O=C=O. The Hall–Kier alpha value is -4.28. The molecule has 1 N–H and O–H groups in total. The van der Waals surface area contributed by atoms with Gasteiger partial charge in [0, 0.05) is 29.7 Å². The van der Waals surface area contributed by atoms with Crippen LogP contribution in [-0.2, 0) is 21.7 Å². The molecule has 3 aromatic rings. The van der Waals surface area contributed by atoms with Crippen LogP contribution in [0.5, 0.6) is 0 Å². The number of halogens is 3. The molecule has 6 rings (SSSR count). The van der Waals surface area contributed by atoms with Crippen molar-refractivity contribution in [1.29, 1.82) is 0 Å². The number of likely N-dealkylation sites (tertiary alicyclic amines) is 1. The highest BCUT2D eigenvalue weighted by Crippen LogP contribution is 2.52. The van der Waals surface area contributed by atoms with E-state index < -0.39 is 17.6 Å². The van der Waals surface area contributed by atoms with Crippen molar-refractivity contribution in [2.24, 2.45) is 10.2 Å². The van der Waals surface area contributed by atoms with Gasteiger partial charge in [0.05, 0.1) is 5.69 Å². The van der Waals surface area contributed by atoms with Gasteiger partial charge in [-0.3, -0.25) is 4.79 Å². The third-order valence-corrected chi connectivity index (χ3v) is 7.69. The molecule has 218 valence electrons. The van der Waals surface area contributed by atoms with Crippen molar-refractivity contribution in [2.45, 2.75) is 50.9 Å². The van der Waals surface area contributed by atoms with Gasteiger partial charge < -0.3 is 10.2 Å². The topological polar surface area (TPSA) is 117 Å². The predicted octanol–water partition coefficient (Wildman–Crippen LogP) is 5.47. The maximum absolute atomic E-state index is 13.6. The first kappa shape index (κ1) is 29.2. The maximum Gasteiger partial charge on any atom is 0.442 e. The van der Waals surface area contributed by atoms with Crippen LogP contribution in [0.15, 0.2) is 52.7 Å². The quantitative estimate of drug-likeness (QED) is 0.218. The molecule has 12 heteroatoms. The molecule has 0 radical (unpaired) electrons. The lowest BCUT2D eigenvalue weighted by molar-refractivity contribution is -0.191. The van der Waals surface area contributed by atoms with E-state index in [0.717, 1.165) is 54.0 Å². The zero-order valence-electron chi connectivity index (χ0n) is 23.0. The molecular formula is C30H29F3N6O3. The van der Waals surface area contributed by atoms with Crippen LogP contribution in [-0.4, -0.2) is 59.2 Å². The van der Waals surface area contributed by atoms with Crippen molar-refractivity contribution in [3.63, 3.8) is 0 Å². The van der Waals surface area contributed by atoms with Gasteiger partial charge in [-0.25, -0.2) is 9.97 Å². The minimum absolute atomic E-state index is 0.0420. The second-order valence-electron chi connectivity index (χ2n) is 10.6. The highest BCUT2D eigenvalue weighted by molar-refractivity contribution is 6.07. The van der Waals surface area contributed by atoms with Crippen LogP contribution in [0.25, 0.3) is 11.1 Å². The molecule has 9 nitrogen and oxygen atoms in total. The largest absolute Gasteiger partial charge is 0.442 e. The van der Waals surface area contributed by atoms with E-state index in [1.54, 1.807) is 0 Å². The summed E-state index contributed by atoms with van der Waals surface area (Å²) in [4.78, 5) is 41.5. The van der Waals surface area contributed by atoms with Crippen LogP contribution in [0.4, 0.5) is 19.0 Å². The maximum atomic E-state index is 13.6.